The molecule has 3 fully saturated rings. The number of benzene rings is 3. The van der Waals surface area contributed by atoms with Crippen LogP contribution in [0.5, 0.6) is 11.5 Å². The van der Waals surface area contributed by atoms with Crippen LogP contribution in [0.2, 0.25) is 0 Å². The van der Waals surface area contributed by atoms with Gasteiger partial charge in [-0.15, -0.1) is 0 Å². The predicted octanol–water partition coefficient (Wildman–Crippen LogP) is 8.66. The summed E-state index contributed by atoms with van der Waals surface area (Å²) in [5.74, 6) is 2.66. The molecule has 68 heavy (non-hydrogen) atoms. The molecular formula is C53H62N8O7. The van der Waals surface area contributed by atoms with Crippen molar-refractivity contribution in [1.82, 2.24) is 40.4 Å². The molecule has 4 aliphatic heterocycles. The van der Waals surface area contributed by atoms with E-state index in [9.17, 15) is 19.2 Å². The van der Waals surface area contributed by atoms with E-state index in [4.69, 9.17) is 24.2 Å². The van der Waals surface area contributed by atoms with Crippen LogP contribution in [0.3, 0.4) is 0 Å². The fourth-order valence-corrected chi connectivity index (χ4v) is 11.4. The van der Waals surface area contributed by atoms with Gasteiger partial charge in [0.2, 0.25) is 17.7 Å². The molecule has 5 aliphatic rings. The van der Waals surface area contributed by atoms with Gasteiger partial charge in [0.15, 0.2) is 0 Å². The molecule has 6 heterocycles. The number of nitrogens with zero attached hydrogens (tertiary/aromatic N) is 4. The molecule has 1 saturated carbocycles. The maximum Gasteiger partial charge on any atom is 0.407 e. The van der Waals surface area contributed by atoms with E-state index in [1.165, 1.54) is 7.11 Å². The lowest BCUT2D eigenvalue weighted by Gasteiger charge is -2.30. The van der Waals surface area contributed by atoms with Crippen molar-refractivity contribution in [3.63, 3.8) is 0 Å². The number of amides is 4. The van der Waals surface area contributed by atoms with Gasteiger partial charge in [-0.05, 0) is 71.3 Å². The van der Waals surface area contributed by atoms with Gasteiger partial charge in [-0.1, -0.05) is 85.7 Å². The summed E-state index contributed by atoms with van der Waals surface area (Å²) in [5, 5.41) is 5.91. The van der Waals surface area contributed by atoms with Crippen LogP contribution < -0.4 is 20.1 Å². The highest BCUT2D eigenvalue weighted by Gasteiger charge is 2.68. The molecular weight excluding hydrogens is 861 g/mol. The molecule has 4 N–H and O–H groups in total. The number of hydrogen-bond acceptors (Lipinski definition) is 9. The van der Waals surface area contributed by atoms with Crippen LogP contribution >= 0.6 is 0 Å². The summed E-state index contributed by atoms with van der Waals surface area (Å²) in [6.07, 6.45) is 4.46. The second-order valence-corrected chi connectivity index (χ2v) is 21.2. The van der Waals surface area contributed by atoms with Crippen molar-refractivity contribution in [3.8, 4) is 45.1 Å². The van der Waals surface area contributed by atoms with Crippen LogP contribution in [-0.4, -0.2) is 79.8 Å². The number of aromatic amines is 2. The summed E-state index contributed by atoms with van der Waals surface area (Å²) in [5.41, 5.74) is 7.83. The zero-order chi connectivity index (χ0) is 48.0. The number of alkyl carbamates (subject to hydrolysis) is 1. The van der Waals surface area contributed by atoms with Gasteiger partial charge in [-0.3, -0.25) is 14.4 Å². The van der Waals surface area contributed by atoms with E-state index in [0.29, 0.717) is 38.0 Å². The van der Waals surface area contributed by atoms with E-state index >= 15 is 0 Å². The van der Waals surface area contributed by atoms with Crippen LogP contribution in [0, 0.1) is 34.5 Å². The molecule has 0 spiro atoms. The lowest BCUT2D eigenvalue weighted by atomic mass is 9.87. The van der Waals surface area contributed by atoms with E-state index < -0.39 is 18.2 Å². The fraction of sp³-hybridized carbons (Fsp3) is 0.472. The summed E-state index contributed by atoms with van der Waals surface area (Å²) in [6, 6.07) is 15.7. The second kappa shape index (κ2) is 16.8. The molecule has 15 nitrogen and oxygen atoms in total. The highest BCUT2D eigenvalue weighted by Crippen LogP contribution is 2.68. The molecule has 3 aromatic carbocycles. The first-order valence-corrected chi connectivity index (χ1v) is 24.0. The molecule has 2 saturated heterocycles. The van der Waals surface area contributed by atoms with Crippen LogP contribution in [-0.2, 0) is 32.3 Å². The Kier molecular flexibility index (Phi) is 11.2. The first kappa shape index (κ1) is 45.2. The number of methoxy groups -OCH3 is 1. The number of rotatable bonds is 11. The van der Waals surface area contributed by atoms with Crippen LogP contribution in [0.15, 0.2) is 67.0 Å². The number of ether oxygens (including phenoxy) is 3. The Labute approximate surface area is 397 Å². The average molecular weight is 923 g/mol. The van der Waals surface area contributed by atoms with Crippen LogP contribution in [0.1, 0.15) is 115 Å². The van der Waals surface area contributed by atoms with Crippen molar-refractivity contribution in [2.24, 2.45) is 34.5 Å². The lowest BCUT2D eigenvalue weighted by Crippen LogP contribution is -2.51. The number of hydrogen-bond donors (Lipinski definition) is 4. The highest BCUT2D eigenvalue weighted by atomic mass is 16.5. The third-order valence-corrected chi connectivity index (χ3v) is 15.8. The molecule has 10 rings (SSSR count). The first-order valence-electron chi connectivity index (χ1n) is 24.0. The topological polar surface area (TPSA) is 184 Å². The normalized spacial score (nSPS) is 22.7. The summed E-state index contributed by atoms with van der Waals surface area (Å²) < 4.78 is 17.8. The Bertz CT molecular complexity index is 2750. The SMILES string of the molecule is COC(=O)N[C@H](C(=O)N1C[C@@H](C)C[C@H]1c1ncc(-c2cc3c4c(c2)OCc2cc(-c5cnc([C@@H]6C[C@H](C)CN6C(=O)[C@H](NC(=O)C6C(C)(C)C6(C)C)c6ccccc6)[nH]5)cc(c2-4)OC3)[nH]1)C(C)C. The number of nitrogens with one attached hydrogen (secondary N) is 4. The standard InChI is InChI=1S/C53H62N8O7/c1-27(2)43(59-51(65)66-9)49(63)60-23-28(3)15-37(60)46-54-21-35(56-46)31-17-33-25-68-40-20-32(18-34-26-67-39(19-31)41(33)42(34)40)36-22-55-47(57-36)38-16-29(4)24-61(38)50(64)44(30-13-11-10-12-14-30)58-48(62)45-52(5,6)53(45,7)8/h10-14,17-22,27-29,37-38,43-45H,15-16,23-26H2,1-9H3,(H,54,56)(H,55,57)(H,58,62)(H,59,65)/t28-,29-,37-,38-,43-,44+/m0/s1. The summed E-state index contributed by atoms with van der Waals surface area (Å²) >= 11 is 0. The summed E-state index contributed by atoms with van der Waals surface area (Å²) in [7, 11) is 1.29. The smallest absolute Gasteiger partial charge is 0.407 e. The number of imidazole rings is 2. The maximum absolute atomic E-state index is 14.7. The number of carbonyl (C=O) groups is 4. The molecule has 0 unspecified atom stereocenters. The third-order valence-electron chi connectivity index (χ3n) is 15.8. The van der Waals surface area contributed by atoms with Gasteiger partial charge in [0.25, 0.3) is 0 Å². The van der Waals surface area contributed by atoms with Crippen molar-refractivity contribution >= 4 is 23.8 Å². The molecule has 1 aliphatic carbocycles. The Morgan fingerprint density at radius 1 is 0.735 bits per heavy atom. The molecule has 0 bridgehead atoms. The number of H-pyrrole nitrogens is 2. The van der Waals surface area contributed by atoms with E-state index in [0.717, 1.165) is 74.7 Å². The van der Waals surface area contributed by atoms with E-state index in [1.54, 1.807) is 6.20 Å². The van der Waals surface area contributed by atoms with Crippen molar-refractivity contribution in [2.45, 2.75) is 106 Å². The maximum atomic E-state index is 14.7. The number of likely N-dealkylation sites (tertiary alicyclic amines) is 2. The lowest BCUT2D eigenvalue weighted by molar-refractivity contribution is -0.138. The third kappa shape index (κ3) is 7.67. The Balaban J connectivity index is 0.883. The molecule has 356 valence electrons. The van der Waals surface area contributed by atoms with Gasteiger partial charge in [0.05, 0.1) is 43.0 Å². The highest BCUT2D eigenvalue weighted by molar-refractivity contribution is 5.92. The predicted molar refractivity (Wildman–Crippen MR) is 255 cm³/mol. The van der Waals surface area contributed by atoms with Gasteiger partial charge in [-0.2, -0.15) is 0 Å². The molecule has 2 aromatic heterocycles. The van der Waals surface area contributed by atoms with Crippen molar-refractivity contribution in [2.75, 3.05) is 20.2 Å². The zero-order valence-electron chi connectivity index (χ0n) is 40.4. The zero-order valence-corrected chi connectivity index (χ0v) is 40.4. The molecule has 0 radical (unpaired) electrons. The Hall–Kier alpha value is -6.64. The quantitative estimate of drug-likeness (QED) is 0.101. The summed E-state index contributed by atoms with van der Waals surface area (Å²) in [6.45, 7) is 18.3. The van der Waals surface area contributed by atoms with Crippen molar-refractivity contribution in [3.05, 3.63) is 95.3 Å². The number of carbonyl (C=O) groups excluding carboxylic acids is 4. The van der Waals surface area contributed by atoms with E-state index in [1.807, 2.05) is 72.3 Å². The molecule has 6 atom stereocenters. The Morgan fingerprint density at radius 2 is 1.24 bits per heavy atom. The average Bonchev–Trinajstić information content (AvgIpc) is 4.06. The molecule has 5 aromatic rings. The fourth-order valence-electron chi connectivity index (χ4n) is 11.4. The van der Waals surface area contributed by atoms with Crippen molar-refractivity contribution in [1.29, 1.82) is 0 Å². The van der Waals surface area contributed by atoms with Gasteiger partial charge in [-0.25, -0.2) is 14.8 Å². The van der Waals surface area contributed by atoms with Crippen LogP contribution in [0.25, 0.3) is 33.6 Å². The van der Waals surface area contributed by atoms with Gasteiger partial charge >= 0.3 is 6.09 Å². The monoisotopic (exact) mass is 922 g/mol. The van der Waals surface area contributed by atoms with Gasteiger partial charge in [0.1, 0.15) is 48.4 Å². The van der Waals surface area contributed by atoms with Crippen molar-refractivity contribution < 1.29 is 33.4 Å². The van der Waals surface area contributed by atoms with E-state index in [-0.39, 0.29) is 64.3 Å². The molecule has 15 heteroatoms. The minimum Gasteiger partial charge on any atom is -0.488 e. The summed E-state index contributed by atoms with van der Waals surface area (Å²) in [4.78, 5) is 75.0. The van der Waals surface area contributed by atoms with Gasteiger partial charge < -0.3 is 44.6 Å². The minimum absolute atomic E-state index is 0.0961. The van der Waals surface area contributed by atoms with E-state index in [2.05, 4.69) is 74.3 Å². The first-order chi connectivity index (χ1) is 32.4. The molecule has 4 amide bonds. The van der Waals surface area contributed by atoms with Gasteiger partial charge in [0, 0.05) is 52.4 Å². The Morgan fingerprint density at radius 3 is 1.71 bits per heavy atom. The largest absolute Gasteiger partial charge is 0.488 e. The second-order valence-electron chi connectivity index (χ2n) is 21.2. The number of aromatic nitrogens is 4. The minimum atomic E-state index is -0.823. The van der Waals surface area contributed by atoms with Crippen LogP contribution in [0.4, 0.5) is 4.79 Å².